The van der Waals surface area contributed by atoms with Crippen LogP contribution in [0.5, 0.6) is 0 Å². The van der Waals surface area contributed by atoms with Crippen molar-refractivity contribution >= 4 is 52.4 Å². The average molecular weight is 622 g/mol. The summed E-state index contributed by atoms with van der Waals surface area (Å²) in [5.74, 6) is -1.52. The molecule has 7 rings (SSSR count). The lowest BCUT2D eigenvalue weighted by atomic mass is 9.62. The second-order valence-corrected chi connectivity index (χ2v) is 13.1. The first-order valence-corrected chi connectivity index (χ1v) is 15.6. The van der Waals surface area contributed by atoms with Gasteiger partial charge in [-0.1, -0.05) is 104 Å². The SMILES string of the molecule is CC(C)Cc1ccc(C(=O)[C@H]2[C@@H](C(=O)c3ccc(Cl)cc3Cl)N3C=Cc4ccccc4[C@@H]3[C@]23C(=O)Nc2ccccc23)cc1. The number of benzene rings is 4. The van der Waals surface area contributed by atoms with Crippen molar-refractivity contribution in [3.8, 4) is 0 Å². The van der Waals surface area contributed by atoms with Crippen molar-refractivity contribution in [3.63, 3.8) is 0 Å². The summed E-state index contributed by atoms with van der Waals surface area (Å²) in [6.45, 7) is 4.30. The number of carbonyl (C=O) groups excluding carboxylic acids is 3. The van der Waals surface area contributed by atoms with Gasteiger partial charge in [0, 0.05) is 28.0 Å². The van der Waals surface area contributed by atoms with Crippen LogP contribution in [0, 0.1) is 11.8 Å². The van der Waals surface area contributed by atoms with E-state index in [1.807, 2.05) is 90.0 Å². The lowest BCUT2D eigenvalue weighted by Crippen LogP contribution is -2.49. The molecule has 3 aliphatic heterocycles. The maximum Gasteiger partial charge on any atom is 0.238 e. The number of rotatable bonds is 6. The first-order valence-electron chi connectivity index (χ1n) is 14.8. The topological polar surface area (TPSA) is 66.5 Å². The Morgan fingerprint density at radius 1 is 0.909 bits per heavy atom. The third-order valence-corrected chi connectivity index (χ3v) is 9.75. The van der Waals surface area contributed by atoms with E-state index in [9.17, 15) is 9.59 Å². The first kappa shape index (κ1) is 28.6. The van der Waals surface area contributed by atoms with Crippen LogP contribution in [0.4, 0.5) is 5.69 Å². The largest absolute Gasteiger partial charge is 0.358 e. The quantitative estimate of drug-likeness (QED) is 0.221. The zero-order valence-corrected chi connectivity index (χ0v) is 25.8. The minimum atomic E-state index is -1.40. The molecule has 0 bridgehead atoms. The average Bonchev–Trinajstić information content (AvgIpc) is 3.49. The molecular formula is C37H30Cl2N2O3. The second kappa shape index (κ2) is 10.8. The van der Waals surface area contributed by atoms with Crippen LogP contribution in [0.25, 0.3) is 6.08 Å². The molecule has 0 aromatic heterocycles. The normalized spacial score (nSPS) is 23.0. The summed E-state index contributed by atoms with van der Waals surface area (Å²) in [6, 6.07) is 26.0. The Kier molecular flexibility index (Phi) is 6.99. The van der Waals surface area contributed by atoms with E-state index in [2.05, 4.69) is 19.2 Å². The van der Waals surface area contributed by atoms with Crippen LogP contribution in [-0.2, 0) is 16.6 Å². The summed E-state index contributed by atoms with van der Waals surface area (Å²) in [5, 5.41) is 3.68. The van der Waals surface area contributed by atoms with E-state index in [0.29, 0.717) is 27.8 Å². The summed E-state index contributed by atoms with van der Waals surface area (Å²) in [5.41, 5.74) is 3.60. The molecule has 0 unspecified atom stereocenters. The number of anilines is 1. The van der Waals surface area contributed by atoms with Gasteiger partial charge in [0.1, 0.15) is 11.5 Å². The van der Waals surface area contributed by atoms with E-state index < -0.39 is 23.4 Å². The van der Waals surface area contributed by atoms with E-state index in [1.165, 1.54) is 6.07 Å². The first-order chi connectivity index (χ1) is 21.2. The molecule has 4 aromatic rings. The van der Waals surface area contributed by atoms with Crippen LogP contribution in [0.1, 0.15) is 62.9 Å². The van der Waals surface area contributed by atoms with Gasteiger partial charge in [0.15, 0.2) is 11.6 Å². The standard InChI is InChI=1S/C37H30Cl2N2O3/c1-21(2)19-22-11-13-24(14-12-22)33(42)31-32(34(43)27-16-15-25(38)20-29(27)39)41-18-17-23-7-3-4-8-26(23)35(41)37(31)28-9-5-6-10-30(28)40-36(37)44/h3-18,20-21,31-32,35H,19H2,1-2H3,(H,40,44)/t31-,32+,35-,37-/m1/s1. The predicted molar refractivity (Wildman–Crippen MR) is 174 cm³/mol. The lowest BCUT2D eigenvalue weighted by molar-refractivity contribution is -0.122. The van der Waals surface area contributed by atoms with Gasteiger partial charge in [-0.15, -0.1) is 0 Å². The summed E-state index contributed by atoms with van der Waals surface area (Å²) in [4.78, 5) is 46.2. The molecule has 1 saturated heterocycles. The Bertz CT molecular complexity index is 1870. The van der Waals surface area contributed by atoms with E-state index in [4.69, 9.17) is 23.2 Å². The van der Waals surface area contributed by atoms with E-state index in [0.717, 1.165) is 23.1 Å². The van der Waals surface area contributed by atoms with Crippen molar-refractivity contribution in [2.24, 2.45) is 11.8 Å². The van der Waals surface area contributed by atoms with Crippen LogP contribution in [0.15, 0.2) is 97.2 Å². The Labute approximate surface area is 266 Å². The van der Waals surface area contributed by atoms with Crippen LogP contribution >= 0.6 is 23.2 Å². The molecule has 0 radical (unpaired) electrons. The molecule has 3 heterocycles. The van der Waals surface area contributed by atoms with Crippen molar-refractivity contribution in [2.45, 2.75) is 37.8 Å². The number of halogens is 2. The molecule has 1 spiro atoms. The Hall–Kier alpha value is -4.19. The van der Waals surface area contributed by atoms with Crippen molar-refractivity contribution < 1.29 is 14.4 Å². The lowest BCUT2D eigenvalue weighted by Gasteiger charge is -2.38. The maximum absolute atomic E-state index is 15.0. The number of hydrogen-bond donors (Lipinski definition) is 1. The molecule has 4 atom stereocenters. The predicted octanol–water partition coefficient (Wildman–Crippen LogP) is 8.17. The van der Waals surface area contributed by atoms with Crippen molar-refractivity contribution in [1.82, 2.24) is 4.90 Å². The zero-order chi connectivity index (χ0) is 30.7. The number of fused-ring (bicyclic) bond motifs is 6. The molecule has 1 amide bonds. The van der Waals surface area contributed by atoms with Gasteiger partial charge < -0.3 is 10.2 Å². The molecular weight excluding hydrogens is 591 g/mol. The number of Topliss-reactive ketones (excluding diaryl/α,β-unsaturated/α-hetero) is 2. The molecule has 3 aliphatic rings. The summed E-state index contributed by atoms with van der Waals surface area (Å²) >= 11 is 12.8. The number of ketones is 2. The number of hydrogen-bond acceptors (Lipinski definition) is 4. The van der Waals surface area contributed by atoms with Gasteiger partial charge in [-0.3, -0.25) is 14.4 Å². The molecule has 0 aliphatic carbocycles. The van der Waals surface area contributed by atoms with Crippen LogP contribution in [0.3, 0.4) is 0 Å². The fourth-order valence-corrected chi connectivity index (χ4v) is 7.97. The second-order valence-electron chi connectivity index (χ2n) is 12.2. The Balaban J connectivity index is 1.49. The molecule has 7 heteroatoms. The fourth-order valence-electron chi connectivity index (χ4n) is 7.47. The van der Waals surface area contributed by atoms with Crippen LogP contribution in [0.2, 0.25) is 10.0 Å². The zero-order valence-electron chi connectivity index (χ0n) is 24.3. The van der Waals surface area contributed by atoms with Gasteiger partial charge in [-0.2, -0.15) is 0 Å². The highest BCUT2D eigenvalue weighted by molar-refractivity contribution is 6.37. The van der Waals surface area contributed by atoms with Gasteiger partial charge in [0.25, 0.3) is 0 Å². The molecule has 44 heavy (non-hydrogen) atoms. The summed E-state index contributed by atoms with van der Waals surface area (Å²) < 4.78 is 0. The number of nitrogens with one attached hydrogen (secondary N) is 1. The van der Waals surface area contributed by atoms with Gasteiger partial charge >= 0.3 is 0 Å². The van der Waals surface area contributed by atoms with Crippen LogP contribution < -0.4 is 5.32 Å². The van der Waals surface area contributed by atoms with Gasteiger partial charge in [-0.25, -0.2) is 0 Å². The minimum Gasteiger partial charge on any atom is -0.358 e. The highest BCUT2D eigenvalue weighted by Gasteiger charge is 2.70. The highest BCUT2D eigenvalue weighted by atomic mass is 35.5. The number of carbonyl (C=O) groups is 3. The third-order valence-electron chi connectivity index (χ3n) is 9.20. The molecule has 1 fully saturated rings. The Morgan fingerprint density at radius 2 is 1.64 bits per heavy atom. The van der Waals surface area contributed by atoms with E-state index >= 15 is 4.79 Å². The maximum atomic E-state index is 15.0. The number of para-hydroxylation sites is 1. The fraction of sp³-hybridized carbons (Fsp3) is 0.216. The van der Waals surface area contributed by atoms with Gasteiger partial charge in [0.05, 0.1) is 17.0 Å². The number of amides is 1. The highest BCUT2D eigenvalue weighted by Crippen LogP contribution is 2.62. The molecule has 4 aromatic carbocycles. The monoisotopic (exact) mass is 620 g/mol. The molecule has 1 N–H and O–H groups in total. The Morgan fingerprint density at radius 3 is 2.39 bits per heavy atom. The van der Waals surface area contributed by atoms with Gasteiger partial charge in [-0.05, 0) is 64.9 Å². The van der Waals surface area contributed by atoms with Crippen molar-refractivity contribution in [1.29, 1.82) is 0 Å². The van der Waals surface area contributed by atoms with E-state index in [1.54, 1.807) is 12.1 Å². The third kappa shape index (κ3) is 4.25. The molecule has 5 nitrogen and oxygen atoms in total. The summed E-state index contributed by atoms with van der Waals surface area (Å²) in [7, 11) is 0. The number of nitrogens with zero attached hydrogens (tertiary/aromatic N) is 1. The molecule has 0 saturated carbocycles. The minimum absolute atomic E-state index is 0.196. The smallest absolute Gasteiger partial charge is 0.238 e. The van der Waals surface area contributed by atoms with Crippen molar-refractivity contribution in [2.75, 3.05) is 5.32 Å². The van der Waals surface area contributed by atoms with E-state index in [-0.39, 0.29) is 28.1 Å². The summed E-state index contributed by atoms with van der Waals surface area (Å²) in [6.07, 6.45) is 4.68. The van der Waals surface area contributed by atoms with Crippen molar-refractivity contribution in [3.05, 3.63) is 141 Å². The molecule has 220 valence electrons. The van der Waals surface area contributed by atoms with Gasteiger partial charge in [0.2, 0.25) is 5.91 Å². The van der Waals surface area contributed by atoms with Crippen LogP contribution in [-0.4, -0.2) is 28.4 Å².